The van der Waals surface area contributed by atoms with Crippen LogP contribution in [0.3, 0.4) is 0 Å². The molecule has 2 amide bonds. The summed E-state index contributed by atoms with van der Waals surface area (Å²) in [4.78, 5) is 28.4. The van der Waals surface area contributed by atoms with Gasteiger partial charge in [0.05, 0.1) is 24.1 Å². The Labute approximate surface area is 200 Å². The van der Waals surface area contributed by atoms with Gasteiger partial charge in [-0.15, -0.1) is 0 Å². The summed E-state index contributed by atoms with van der Waals surface area (Å²) >= 11 is 6.10. The van der Waals surface area contributed by atoms with Gasteiger partial charge in [-0.3, -0.25) is 9.59 Å². The van der Waals surface area contributed by atoms with Crippen molar-refractivity contribution in [2.24, 2.45) is 0 Å². The number of para-hydroxylation sites is 1. The smallest absolute Gasteiger partial charge is 0.294 e. The minimum atomic E-state index is -1.43. The molecule has 34 heavy (non-hydrogen) atoms. The highest BCUT2D eigenvalue weighted by molar-refractivity contribution is 6.31. The van der Waals surface area contributed by atoms with E-state index in [0.717, 1.165) is 0 Å². The molecule has 1 atom stereocenters. The van der Waals surface area contributed by atoms with Crippen LogP contribution in [0.15, 0.2) is 40.8 Å². The fraction of sp³-hybridized carbons (Fsp3) is 0.333. The number of benzene rings is 2. The summed E-state index contributed by atoms with van der Waals surface area (Å²) in [6.07, 6.45) is 0. The van der Waals surface area contributed by atoms with Gasteiger partial charge in [0.25, 0.3) is 5.91 Å². The maximum absolute atomic E-state index is 14.0. The molecule has 180 valence electrons. The van der Waals surface area contributed by atoms with Crippen molar-refractivity contribution in [1.29, 1.82) is 0 Å². The van der Waals surface area contributed by atoms with Crippen LogP contribution in [0.4, 0.5) is 4.39 Å². The Morgan fingerprint density at radius 2 is 2.03 bits per heavy atom. The Hall–Kier alpha value is -3.30. The molecule has 8 nitrogen and oxygen atoms in total. The standard InChI is InChI=1S/C24H24ClFN2O6/c1-24(23(30)27-12-15-17(32-3)9-8-16(26)19(15)25)13-33-20-14-6-4-5-7-18(14)34-21(20)22(29)28(24)10-11-31-2/h4-9H,10-13H2,1-3H3,(H,27,30). The molecule has 0 bridgehead atoms. The molecule has 1 N–H and O–H groups in total. The lowest BCUT2D eigenvalue weighted by molar-refractivity contribution is -0.133. The Morgan fingerprint density at radius 1 is 1.26 bits per heavy atom. The molecule has 4 rings (SSSR count). The number of hydrogen-bond donors (Lipinski definition) is 1. The van der Waals surface area contributed by atoms with Crippen LogP contribution in [0.25, 0.3) is 11.0 Å². The molecule has 3 aromatic rings. The molecule has 1 unspecified atom stereocenters. The molecule has 0 saturated heterocycles. The number of halogens is 2. The van der Waals surface area contributed by atoms with Crippen LogP contribution >= 0.6 is 11.6 Å². The van der Waals surface area contributed by atoms with Crippen molar-refractivity contribution in [1.82, 2.24) is 10.2 Å². The number of nitrogens with one attached hydrogen (secondary N) is 1. The summed E-state index contributed by atoms with van der Waals surface area (Å²) in [6, 6.07) is 9.73. The van der Waals surface area contributed by atoms with Gasteiger partial charge in [-0.25, -0.2) is 4.39 Å². The van der Waals surface area contributed by atoms with Gasteiger partial charge < -0.3 is 28.8 Å². The fourth-order valence-electron chi connectivity index (χ4n) is 3.95. The lowest BCUT2D eigenvalue weighted by Gasteiger charge is -2.37. The first-order valence-electron chi connectivity index (χ1n) is 10.6. The van der Waals surface area contributed by atoms with E-state index in [1.807, 2.05) is 6.07 Å². The predicted octanol–water partition coefficient (Wildman–Crippen LogP) is 3.79. The Kier molecular flexibility index (Phi) is 6.67. The van der Waals surface area contributed by atoms with Crippen molar-refractivity contribution in [3.8, 4) is 11.5 Å². The number of carbonyl (C=O) groups is 2. The molecule has 0 aliphatic carbocycles. The molecule has 10 heteroatoms. The van der Waals surface area contributed by atoms with E-state index in [1.165, 1.54) is 31.3 Å². The Bertz CT molecular complexity index is 1250. The molecule has 0 spiro atoms. The molecular weight excluding hydrogens is 467 g/mol. The van der Waals surface area contributed by atoms with Gasteiger partial charge in [-0.1, -0.05) is 23.7 Å². The van der Waals surface area contributed by atoms with E-state index in [4.69, 9.17) is 30.2 Å². The second-order valence-corrected chi connectivity index (χ2v) is 8.37. The van der Waals surface area contributed by atoms with E-state index in [9.17, 15) is 14.0 Å². The predicted molar refractivity (Wildman–Crippen MR) is 123 cm³/mol. The number of ether oxygens (including phenoxy) is 3. The zero-order valence-corrected chi connectivity index (χ0v) is 19.7. The van der Waals surface area contributed by atoms with E-state index < -0.39 is 23.2 Å². The van der Waals surface area contributed by atoms with Crippen LogP contribution in [0.1, 0.15) is 23.0 Å². The number of methoxy groups -OCH3 is 2. The lowest BCUT2D eigenvalue weighted by atomic mass is 9.99. The topological polar surface area (TPSA) is 90.2 Å². The largest absolute Gasteiger partial charge is 0.496 e. The summed E-state index contributed by atoms with van der Waals surface area (Å²) < 4.78 is 36.2. The van der Waals surface area contributed by atoms with E-state index >= 15 is 0 Å². The van der Waals surface area contributed by atoms with Crippen LogP contribution in [0.2, 0.25) is 5.02 Å². The number of amides is 2. The van der Waals surface area contributed by atoms with Gasteiger partial charge in [0.1, 0.15) is 23.8 Å². The second-order valence-electron chi connectivity index (χ2n) is 7.99. The first kappa shape index (κ1) is 23.8. The zero-order valence-electron chi connectivity index (χ0n) is 18.9. The van der Waals surface area contributed by atoms with E-state index in [-0.39, 0.29) is 48.4 Å². The SMILES string of the molecule is COCCN1C(=O)c2oc3ccccc3c2OCC1(C)C(=O)NCc1c(OC)ccc(F)c1Cl. The Balaban J connectivity index is 1.66. The highest BCUT2D eigenvalue weighted by Gasteiger charge is 2.47. The highest BCUT2D eigenvalue weighted by atomic mass is 35.5. The minimum absolute atomic E-state index is 0.0173. The first-order valence-corrected chi connectivity index (χ1v) is 10.9. The Morgan fingerprint density at radius 3 is 2.76 bits per heavy atom. The molecule has 0 fully saturated rings. The number of furan rings is 1. The molecule has 1 aliphatic heterocycles. The first-order chi connectivity index (χ1) is 16.3. The van der Waals surface area contributed by atoms with Gasteiger partial charge in [-0.2, -0.15) is 0 Å². The zero-order chi connectivity index (χ0) is 24.5. The summed E-state index contributed by atoms with van der Waals surface area (Å²) in [6.45, 7) is 1.64. The van der Waals surface area contributed by atoms with E-state index in [2.05, 4.69) is 5.32 Å². The normalized spacial score (nSPS) is 17.8. The van der Waals surface area contributed by atoms with Gasteiger partial charge in [0.15, 0.2) is 11.3 Å². The average Bonchev–Trinajstić information content (AvgIpc) is 3.17. The van der Waals surface area contributed by atoms with E-state index in [0.29, 0.717) is 16.7 Å². The molecule has 0 saturated carbocycles. The van der Waals surface area contributed by atoms with E-state index in [1.54, 1.807) is 25.1 Å². The molecule has 1 aliphatic rings. The van der Waals surface area contributed by atoms with Crippen LogP contribution in [-0.2, 0) is 16.1 Å². The maximum atomic E-state index is 14.0. The number of fused-ring (bicyclic) bond motifs is 3. The van der Waals surface area contributed by atoms with Crippen LogP contribution < -0.4 is 14.8 Å². The average molecular weight is 491 g/mol. The van der Waals surface area contributed by atoms with Crippen LogP contribution in [0.5, 0.6) is 11.5 Å². The minimum Gasteiger partial charge on any atom is -0.496 e. The van der Waals surface area contributed by atoms with Crippen molar-refractivity contribution in [3.63, 3.8) is 0 Å². The van der Waals surface area contributed by atoms with Crippen molar-refractivity contribution in [2.75, 3.05) is 34.0 Å². The quantitative estimate of drug-likeness (QED) is 0.542. The van der Waals surface area contributed by atoms with Gasteiger partial charge in [0.2, 0.25) is 11.7 Å². The number of carbonyl (C=O) groups excluding carboxylic acids is 2. The third kappa shape index (κ3) is 4.05. The van der Waals surface area contributed by atoms with Gasteiger partial charge >= 0.3 is 0 Å². The third-order valence-electron chi connectivity index (χ3n) is 5.89. The summed E-state index contributed by atoms with van der Waals surface area (Å²) in [5.41, 5.74) is -0.637. The molecule has 2 heterocycles. The lowest BCUT2D eigenvalue weighted by Crippen LogP contribution is -2.61. The van der Waals surface area contributed by atoms with Crippen LogP contribution in [0, 0.1) is 5.82 Å². The number of nitrogens with zero attached hydrogens (tertiary/aromatic N) is 1. The monoisotopic (exact) mass is 490 g/mol. The highest BCUT2D eigenvalue weighted by Crippen LogP contribution is 2.38. The van der Waals surface area contributed by atoms with Gasteiger partial charge in [-0.05, 0) is 31.2 Å². The molecule has 1 aromatic heterocycles. The number of hydrogen-bond acceptors (Lipinski definition) is 6. The molecule has 2 aromatic carbocycles. The summed E-state index contributed by atoms with van der Waals surface area (Å²) in [5, 5.41) is 3.23. The van der Waals surface area contributed by atoms with Crippen molar-refractivity contribution >= 4 is 34.4 Å². The molecule has 0 radical (unpaired) electrons. The van der Waals surface area contributed by atoms with Gasteiger partial charge in [0, 0.05) is 25.8 Å². The van der Waals surface area contributed by atoms with Crippen molar-refractivity contribution < 1.29 is 32.6 Å². The third-order valence-corrected chi connectivity index (χ3v) is 6.30. The van der Waals surface area contributed by atoms with Crippen molar-refractivity contribution in [3.05, 3.63) is 58.6 Å². The fourth-order valence-corrected chi connectivity index (χ4v) is 4.18. The summed E-state index contributed by atoms with van der Waals surface area (Å²) in [5.74, 6) is -1.03. The van der Waals surface area contributed by atoms with Crippen LogP contribution in [-0.4, -0.2) is 56.2 Å². The second kappa shape index (κ2) is 9.52. The number of rotatable bonds is 7. The maximum Gasteiger partial charge on any atom is 0.294 e. The molecular formula is C24H24ClFN2O6. The van der Waals surface area contributed by atoms with Crippen molar-refractivity contribution in [2.45, 2.75) is 19.0 Å². The summed E-state index contributed by atoms with van der Waals surface area (Å²) in [7, 11) is 2.92.